The van der Waals surface area contributed by atoms with E-state index < -0.39 is 0 Å². The van der Waals surface area contributed by atoms with Crippen molar-refractivity contribution in [3.8, 4) is 0 Å². The van der Waals surface area contributed by atoms with Gasteiger partial charge in [0.2, 0.25) is 0 Å². The summed E-state index contributed by atoms with van der Waals surface area (Å²) in [4.78, 5) is 15.9. The van der Waals surface area contributed by atoms with E-state index in [1.807, 2.05) is 0 Å². The van der Waals surface area contributed by atoms with Gasteiger partial charge in [0.05, 0.1) is 18.4 Å². The molecule has 0 saturated heterocycles. The molecule has 2 rings (SSSR count). The number of H-pyrrole nitrogens is 1. The fourth-order valence-electron chi connectivity index (χ4n) is 1.46. The highest BCUT2D eigenvalue weighted by Crippen LogP contribution is 2.04. The standard InChI is InChI=1S/C11H14N6OS/c1-12-7-3-4-8(13-5-7)10(18)14-6-9-15-16-11(19)17(9)2/h3-5,12H,6H2,1-2H3,(H,14,18)(H,16,19). The zero-order valence-electron chi connectivity index (χ0n) is 10.6. The van der Waals surface area contributed by atoms with Crippen LogP contribution in [0.3, 0.4) is 0 Å². The zero-order chi connectivity index (χ0) is 13.8. The lowest BCUT2D eigenvalue weighted by Gasteiger charge is -2.05. The van der Waals surface area contributed by atoms with Crippen LogP contribution in [-0.4, -0.2) is 32.7 Å². The zero-order valence-corrected chi connectivity index (χ0v) is 11.4. The van der Waals surface area contributed by atoms with E-state index in [0.717, 1.165) is 5.69 Å². The van der Waals surface area contributed by atoms with E-state index in [1.54, 1.807) is 37.0 Å². The van der Waals surface area contributed by atoms with Crippen LogP contribution in [0.1, 0.15) is 16.3 Å². The lowest BCUT2D eigenvalue weighted by molar-refractivity contribution is 0.0944. The van der Waals surface area contributed by atoms with Crippen LogP contribution in [0.4, 0.5) is 5.69 Å². The van der Waals surface area contributed by atoms with E-state index in [2.05, 4.69) is 25.8 Å². The molecule has 19 heavy (non-hydrogen) atoms. The second-order valence-electron chi connectivity index (χ2n) is 3.87. The minimum absolute atomic E-state index is 0.253. The molecule has 0 unspecified atom stereocenters. The molecule has 0 bridgehead atoms. The van der Waals surface area contributed by atoms with Crippen LogP contribution in [0.25, 0.3) is 0 Å². The average molecular weight is 278 g/mol. The number of aromatic nitrogens is 4. The Labute approximate surface area is 115 Å². The number of carbonyl (C=O) groups excluding carboxylic acids is 1. The number of anilines is 1. The topological polar surface area (TPSA) is 87.6 Å². The quantitative estimate of drug-likeness (QED) is 0.722. The van der Waals surface area contributed by atoms with Crippen LogP contribution in [0.15, 0.2) is 18.3 Å². The minimum Gasteiger partial charge on any atom is -0.387 e. The summed E-state index contributed by atoms with van der Waals surface area (Å²) < 4.78 is 2.22. The number of hydrogen-bond donors (Lipinski definition) is 3. The van der Waals surface area contributed by atoms with E-state index in [1.165, 1.54) is 0 Å². The molecular weight excluding hydrogens is 264 g/mol. The first-order valence-corrected chi connectivity index (χ1v) is 6.05. The molecule has 1 amide bonds. The molecule has 0 spiro atoms. The Balaban J connectivity index is 2.01. The molecule has 0 aliphatic heterocycles. The first kappa shape index (κ1) is 13.2. The number of nitrogens with zero attached hydrogens (tertiary/aromatic N) is 3. The summed E-state index contributed by atoms with van der Waals surface area (Å²) in [6, 6.07) is 3.45. The highest BCUT2D eigenvalue weighted by molar-refractivity contribution is 7.71. The molecule has 2 heterocycles. The van der Waals surface area contributed by atoms with Gasteiger partial charge in [-0.15, -0.1) is 0 Å². The van der Waals surface area contributed by atoms with E-state index in [9.17, 15) is 4.79 Å². The minimum atomic E-state index is -0.253. The molecule has 8 heteroatoms. The maximum atomic E-state index is 11.9. The van der Waals surface area contributed by atoms with Crippen molar-refractivity contribution in [2.24, 2.45) is 7.05 Å². The molecule has 7 nitrogen and oxygen atoms in total. The number of aromatic amines is 1. The van der Waals surface area contributed by atoms with Crippen molar-refractivity contribution in [3.05, 3.63) is 34.6 Å². The molecule has 0 radical (unpaired) electrons. The predicted molar refractivity (Wildman–Crippen MR) is 73.3 cm³/mol. The Morgan fingerprint density at radius 2 is 2.32 bits per heavy atom. The normalized spacial score (nSPS) is 10.2. The Morgan fingerprint density at radius 1 is 1.53 bits per heavy atom. The van der Waals surface area contributed by atoms with Crippen LogP contribution in [0.5, 0.6) is 0 Å². The molecule has 2 aromatic rings. The molecule has 2 aromatic heterocycles. The second kappa shape index (κ2) is 5.61. The van der Waals surface area contributed by atoms with E-state index >= 15 is 0 Å². The van der Waals surface area contributed by atoms with Gasteiger partial charge in [0.15, 0.2) is 10.6 Å². The fraction of sp³-hybridized carbons (Fsp3) is 0.273. The van der Waals surface area contributed by atoms with Crippen LogP contribution < -0.4 is 10.6 Å². The molecule has 0 aromatic carbocycles. The lowest BCUT2D eigenvalue weighted by atomic mass is 10.3. The van der Waals surface area contributed by atoms with Gasteiger partial charge in [0.25, 0.3) is 5.91 Å². The fourth-order valence-corrected chi connectivity index (χ4v) is 1.61. The number of nitrogens with one attached hydrogen (secondary N) is 3. The third-order valence-electron chi connectivity index (χ3n) is 2.66. The second-order valence-corrected chi connectivity index (χ2v) is 4.26. The van der Waals surface area contributed by atoms with Gasteiger partial charge in [0, 0.05) is 14.1 Å². The monoisotopic (exact) mass is 278 g/mol. The Bertz CT molecular complexity index is 629. The summed E-state index contributed by atoms with van der Waals surface area (Å²) in [5, 5.41) is 12.3. The Morgan fingerprint density at radius 3 is 2.84 bits per heavy atom. The number of pyridine rings is 1. The summed E-state index contributed by atoms with van der Waals surface area (Å²) in [6.45, 7) is 0.290. The van der Waals surface area contributed by atoms with E-state index in [0.29, 0.717) is 16.3 Å². The van der Waals surface area contributed by atoms with E-state index in [-0.39, 0.29) is 12.5 Å². The largest absolute Gasteiger partial charge is 0.387 e. The molecule has 100 valence electrons. The van der Waals surface area contributed by atoms with Crippen LogP contribution in [0.2, 0.25) is 0 Å². The number of rotatable bonds is 4. The molecule has 0 aliphatic carbocycles. The molecule has 3 N–H and O–H groups in total. The van der Waals surface area contributed by atoms with Crippen molar-refractivity contribution in [2.75, 3.05) is 12.4 Å². The van der Waals surface area contributed by atoms with Crippen molar-refractivity contribution < 1.29 is 4.79 Å². The van der Waals surface area contributed by atoms with Crippen molar-refractivity contribution in [3.63, 3.8) is 0 Å². The van der Waals surface area contributed by atoms with Crippen LogP contribution in [-0.2, 0) is 13.6 Å². The van der Waals surface area contributed by atoms with Gasteiger partial charge in [-0.25, -0.2) is 4.98 Å². The third-order valence-corrected chi connectivity index (χ3v) is 3.03. The third kappa shape index (κ3) is 2.97. The van der Waals surface area contributed by atoms with Crippen molar-refractivity contribution >= 4 is 23.8 Å². The maximum Gasteiger partial charge on any atom is 0.270 e. The van der Waals surface area contributed by atoms with Crippen molar-refractivity contribution in [1.82, 2.24) is 25.1 Å². The summed E-state index contributed by atoms with van der Waals surface area (Å²) in [5.74, 6) is 0.404. The summed E-state index contributed by atoms with van der Waals surface area (Å²) >= 11 is 4.99. The van der Waals surface area contributed by atoms with E-state index in [4.69, 9.17) is 12.2 Å². The molecular formula is C11H14N6OS. The highest BCUT2D eigenvalue weighted by Gasteiger charge is 2.08. The Kier molecular flexibility index (Phi) is 3.91. The highest BCUT2D eigenvalue weighted by atomic mass is 32.1. The van der Waals surface area contributed by atoms with Gasteiger partial charge in [0.1, 0.15) is 5.69 Å². The molecule has 0 aliphatic rings. The smallest absolute Gasteiger partial charge is 0.270 e. The molecule has 0 atom stereocenters. The predicted octanol–water partition coefficient (Wildman–Crippen LogP) is 0.844. The number of carbonyl (C=O) groups is 1. The van der Waals surface area contributed by atoms with Gasteiger partial charge in [-0.05, 0) is 24.4 Å². The van der Waals surface area contributed by atoms with Gasteiger partial charge >= 0.3 is 0 Å². The SMILES string of the molecule is CNc1ccc(C(=O)NCc2n[nH]c(=S)n2C)nc1. The Hall–Kier alpha value is -2.22. The summed E-state index contributed by atoms with van der Waals surface area (Å²) in [5.41, 5.74) is 1.21. The van der Waals surface area contributed by atoms with Gasteiger partial charge in [-0.1, -0.05) is 0 Å². The molecule has 0 saturated carbocycles. The molecule has 0 fully saturated rings. The van der Waals surface area contributed by atoms with Crippen LogP contribution >= 0.6 is 12.2 Å². The van der Waals surface area contributed by atoms with Gasteiger partial charge in [-0.3, -0.25) is 9.89 Å². The van der Waals surface area contributed by atoms with Crippen LogP contribution in [0, 0.1) is 4.77 Å². The van der Waals surface area contributed by atoms with Gasteiger partial charge < -0.3 is 15.2 Å². The first-order valence-electron chi connectivity index (χ1n) is 5.64. The summed E-state index contributed by atoms with van der Waals surface area (Å²) in [7, 11) is 3.58. The lowest BCUT2D eigenvalue weighted by Crippen LogP contribution is -2.25. The van der Waals surface area contributed by atoms with Crippen molar-refractivity contribution in [2.45, 2.75) is 6.54 Å². The van der Waals surface area contributed by atoms with Crippen molar-refractivity contribution in [1.29, 1.82) is 0 Å². The first-order chi connectivity index (χ1) is 9.11. The number of hydrogen-bond acceptors (Lipinski definition) is 5. The number of amides is 1. The van der Waals surface area contributed by atoms with Gasteiger partial charge in [-0.2, -0.15) is 5.10 Å². The average Bonchev–Trinajstić information content (AvgIpc) is 2.76. The maximum absolute atomic E-state index is 11.9. The summed E-state index contributed by atoms with van der Waals surface area (Å²) in [6.07, 6.45) is 1.60.